The standard InChI is InChI=1S/C11H12BrNO2/c1-13-9-5-3-4-8(12)7(9)6-10(13)11(14)15-2/h3-5,10H,6H2,1-2H3. The van der Waals surface area contributed by atoms with Gasteiger partial charge in [-0.05, 0) is 17.7 Å². The van der Waals surface area contributed by atoms with Gasteiger partial charge < -0.3 is 9.64 Å². The molecular weight excluding hydrogens is 258 g/mol. The van der Waals surface area contributed by atoms with Crippen LogP contribution in [0.15, 0.2) is 22.7 Å². The van der Waals surface area contributed by atoms with Crippen molar-refractivity contribution in [3.05, 3.63) is 28.2 Å². The Morgan fingerprint density at radius 2 is 2.33 bits per heavy atom. The van der Waals surface area contributed by atoms with Crippen molar-refractivity contribution >= 4 is 27.6 Å². The zero-order valence-corrected chi connectivity index (χ0v) is 10.2. The quantitative estimate of drug-likeness (QED) is 0.731. The second-order valence-corrected chi connectivity index (χ2v) is 4.45. The number of anilines is 1. The van der Waals surface area contributed by atoms with Crippen molar-refractivity contribution < 1.29 is 9.53 Å². The molecule has 0 saturated carbocycles. The minimum Gasteiger partial charge on any atom is -0.467 e. The third-order valence-electron chi connectivity index (χ3n) is 2.81. The minimum atomic E-state index is -0.191. The van der Waals surface area contributed by atoms with E-state index in [0.29, 0.717) is 6.42 Å². The molecule has 1 aliphatic rings. The first-order valence-corrected chi connectivity index (χ1v) is 5.52. The first-order valence-electron chi connectivity index (χ1n) is 4.73. The lowest BCUT2D eigenvalue weighted by atomic mass is 10.1. The van der Waals surface area contributed by atoms with Crippen LogP contribution in [0, 0.1) is 0 Å². The van der Waals surface area contributed by atoms with Crippen molar-refractivity contribution in [3.8, 4) is 0 Å². The van der Waals surface area contributed by atoms with Crippen LogP contribution in [0.1, 0.15) is 5.56 Å². The first kappa shape index (κ1) is 10.5. The Labute approximate surface area is 97.2 Å². The Morgan fingerprint density at radius 1 is 1.60 bits per heavy atom. The number of esters is 1. The molecule has 0 amide bonds. The molecule has 2 rings (SSSR count). The predicted molar refractivity (Wildman–Crippen MR) is 62.1 cm³/mol. The number of nitrogens with zero attached hydrogens (tertiary/aromatic N) is 1. The SMILES string of the molecule is COC(=O)C1Cc2c(Br)cccc2N1C. The Kier molecular flexibility index (Phi) is 2.69. The highest BCUT2D eigenvalue weighted by molar-refractivity contribution is 9.10. The highest BCUT2D eigenvalue weighted by Gasteiger charge is 2.33. The summed E-state index contributed by atoms with van der Waals surface area (Å²) in [6, 6.07) is 5.79. The van der Waals surface area contributed by atoms with Gasteiger partial charge in [-0.15, -0.1) is 0 Å². The fourth-order valence-corrected chi connectivity index (χ4v) is 2.47. The van der Waals surface area contributed by atoms with Crippen LogP contribution >= 0.6 is 15.9 Å². The maximum absolute atomic E-state index is 11.5. The second-order valence-electron chi connectivity index (χ2n) is 3.59. The average molecular weight is 270 g/mol. The Hall–Kier alpha value is -1.03. The number of hydrogen-bond acceptors (Lipinski definition) is 3. The van der Waals surface area contributed by atoms with Crippen LogP contribution in [0.3, 0.4) is 0 Å². The summed E-state index contributed by atoms with van der Waals surface area (Å²) in [6.45, 7) is 0. The number of carbonyl (C=O) groups excluding carboxylic acids is 1. The van der Waals surface area contributed by atoms with Gasteiger partial charge in [-0.25, -0.2) is 4.79 Å². The van der Waals surface area contributed by atoms with E-state index in [9.17, 15) is 4.79 Å². The van der Waals surface area contributed by atoms with Crippen molar-refractivity contribution in [1.82, 2.24) is 0 Å². The van der Waals surface area contributed by atoms with Crippen LogP contribution in [0.2, 0.25) is 0 Å². The van der Waals surface area contributed by atoms with E-state index in [2.05, 4.69) is 15.9 Å². The van der Waals surface area contributed by atoms with E-state index >= 15 is 0 Å². The van der Waals surface area contributed by atoms with Gasteiger partial charge >= 0.3 is 5.97 Å². The van der Waals surface area contributed by atoms with Crippen LogP contribution in [0.5, 0.6) is 0 Å². The van der Waals surface area contributed by atoms with Gasteiger partial charge in [-0.1, -0.05) is 22.0 Å². The van der Waals surface area contributed by atoms with Crippen LogP contribution in [-0.2, 0) is 16.0 Å². The molecule has 1 heterocycles. The number of benzene rings is 1. The van der Waals surface area contributed by atoms with Crippen LogP contribution in [0.4, 0.5) is 5.69 Å². The molecule has 15 heavy (non-hydrogen) atoms. The van der Waals surface area contributed by atoms with Gasteiger partial charge in [0.15, 0.2) is 0 Å². The molecule has 0 saturated heterocycles. The maximum Gasteiger partial charge on any atom is 0.328 e. The van der Waals surface area contributed by atoms with E-state index in [1.54, 1.807) is 0 Å². The summed E-state index contributed by atoms with van der Waals surface area (Å²) in [7, 11) is 3.34. The molecule has 1 aliphatic heterocycles. The Bertz CT molecular complexity index is 406. The zero-order valence-electron chi connectivity index (χ0n) is 8.66. The van der Waals surface area contributed by atoms with Gasteiger partial charge in [0.2, 0.25) is 0 Å². The lowest BCUT2D eigenvalue weighted by molar-refractivity contribution is -0.141. The van der Waals surface area contributed by atoms with E-state index in [-0.39, 0.29) is 12.0 Å². The molecule has 0 bridgehead atoms. The van der Waals surface area contributed by atoms with Gasteiger partial charge in [0.05, 0.1) is 7.11 Å². The summed E-state index contributed by atoms with van der Waals surface area (Å²) >= 11 is 3.49. The molecule has 3 nitrogen and oxygen atoms in total. The van der Waals surface area contributed by atoms with Gasteiger partial charge in [0.1, 0.15) is 6.04 Å². The van der Waals surface area contributed by atoms with Gasteiger partial charge in [-0.2, -0.15) is 0 Å². The summed E-state index contributed by atoms with van der Waals surface area (Å²) < 4.78 is 5.83. The molecule has 4 heteroatoms. The number of halogens is 1. The first-order chi connectivity index (χ1) is 7.15. The monoisotopic (exact) mass is 269 g/mol. The normalized spacial score (nSPS) is 18.9. The molecular formula is C11H12BrNO2. The van der Waals surface area contributed by atoms with Gasteiger partial charge in [0, 0.05) is 23.6 Å². The van der Waals surface area contributed by atoms with Crippen molar-refractivity contribution in [3.63, 3.8) is 0 Å². The lowest BCUT2D eigenvalue weighted by Crippen LogP contribution is -2.36. The lowest BCUT2D eigenvalue weighted by Gasteiger charge is -2.19. The van der Waals surface area contributed by atoms with Gasteiger partial charge in [0.25, 0.3) is 0 Å². The summed E-state index contributed by atoms with van der Waals surface area (Å²) in [5, 5.41) is 0. The summed E-state index contributed by atoms with van der Waals surface area (Å²) in [5.41, 5.74) is 2.27. The third-order valence-corrected chi connectivity index (χ3v) is 3.56. The molecule has 0 aliphatic carbocycles. The highest BCUT2D eigenvalue weighted by atomic mass is 79.9. The maximum atomic E-state index is 11.5. The smallest absolute Gasteiger partial charge is 0.328 e. The zero-order chi connectivity index (χ0) is 11.0. The average Bonchev–Trinajstić information content (AvgIpc) is 2.57. The summed E-state index contributed by atoms with van der Waals surface area (Å²) in [4.78, 5) is 13.5. The number of methoxy groups -OCH3 is 1. The minimum absolute atomic E-state index is 0.180. The molecule has 0 N–H and O–H groups in total. The number of fused-ring (bicyclic) bond motifs is 1. The van der Waals surface area contributed by atoms with Crippen molar-refractivity contribution in [2.24, 2.45) is 0 Å². The topological polar surface area (TPSA) is 29.5 Å². The fraction of sp³-hybridized carbons (Fsp3) is 0.364. The molecule has 0 aromatic heterocycles. The van der Waals surface area contributed by atoms with E-state index < -0.39 is 0 Å². The molecule has 0 fully saturated rings. The molecule has 0 spiro atoms. The van der Waals surface area contributed by atoms with Crippen molar-refractivity contribution in [2.45, 2.75) is 12.5 Å². The number of likely N-dealkylation sites (N-methyl/N-ethyl adjacent to an activating group) is 1. The molecule has 0 radical (unpaired) electrons. The number of rotatable bonds is 1. The fourth-order valence-electron chi connectivity index (χ4n) is 1.96. The van der Waals surface area contributed by atoms with Gasteiger partial charge in [-0.3, -0.25) is 0 Å². The molecule has 1 atom stereocenters. The van der Waals surface area contributed by atoms with Crippen LogP contribution < -0.4 is 4.90 Å². The van der Waals surface area contributed by atoms with Crippen molar-refractivity contribution in [2.75, 3.05) is 19.1 Å². The van der Waals surface area contributed by atoms with E-state index in [1.165, 1.54) is 12.7 Å². The summed E-state index contributed by atoms with van der Waals surface area (Å²) in [6.07, 6.45) is 0.708. The molecule has 80 valence electrons. The molecule has 1 aromatic carbocycles. The molecule has 1 aromatic rings. The number of carbonyl (C=O) groups is 1. The van der Waals surface area contributed by atoms with Crippen molar-refractivity contribution in [1.29, 1.82) is 0 Å². The Balaban J connectivity index is 2.37. The van der Waals surface area contributed by atoms with Crippen LogP contribution in [0.25, 0.3) is 0 Å². The largest absolute Gasteiger partial charge is 0.467 e. The predicted octanol–water partition coefficient (Wildman–Crippen LogP) is 1.98. The second kappa shape index (κ2) is 3.85. The van der Waals surface area contributed by atoms with E-state index in [4.69, 9.17) is 4.74 Å². The third kappa shape index (κ3) is 1.63. The van der Waals surface area contributed by atoms with E-state index in [1.807, 2.05) is 30.1 Å². The highest BCUT2D eigenvalue weighted by Crippen LogP contribution is 2.35. The number of hydrogen-bond donors (Lipinski definition) is 0. The Morgan fingerprint density at radius 3 is 2.93 bits per heavy atom. The summed E-state index contributed by atoms with van der Waals surface area (Å²) in [5.74, 6) is -0.180. The number of ether oxygens (including phenoxy) is 1. The molecule has 1 unspecified atom stereocenters. The van der Waals surface area contributed by atoms with Crippen LogP contribution in [-0.4, -0.2) is 26.2 Å². The van der Waals surface area contributed by atoms with E-state index in [0.717, 1.165) is 10.2 Å².